The lowest BCUT2D eigenvalue weighted by Gasteiger charge is -2.17. The van der Waals surface area contributed by atoms with Gasteiger partial charge in [-0.3, -0.25) is 9.59 Å². The minimum absolute atomic E-state index is 0.00246. The second-order valence-corrected chi connectivity index (χ2v) is 6.27. The van der Waals surface area contributed by atoms with Crippen molar-refractivity contribution in [3.8, 4) is 0 Å². The van der Waals surface area contributed by atoms with Crippen LogP contribution in [0.4, 0.5) is 11.4 Å². The number of carbonyl (C=O) groups is 2. The predicted octanol–water partition coefficient (Wildman–Crippen LogP) is 3.45. The Bertz CT molecular complexity index is 593. The van der Waals surface area contributed by atoms with E-state index in [1.54, 1.807) is 0 Å². The number of nitrogens with one attached hydrogen (secondary N) is 3. The van der Waals surface area contributed by atoms with E-state index in [0.29, 0.717) is 6.54 Å². The predicted molar refractivity (Wildman–Crippen MR) is 98.0 cm³/mol. The van der Waals surface area contributed by atoms with Crippen LogP contribution in [-0.2, 0) is 9.59 Å². The molecule has 0 bridgehead atoms. The molecule has 1 atom stereocenters. The summed E-state index contributed by atoms with van der Waals surface area (Å²) in [5.74, 6) is -0.103. The Morgan fingerprint density at radius 2 is 1.83 bits per heavy atom. The normalized spacial score (nSPS) is 15.2. The molecule has 1 aliphatic rings. The molecular weight excluding hydrogens is 302 g/mol. The first kappa shape index (κ1) is 18.0. The number of allylic oxidation sites excluding steroid dienone is 1. The summed E-state index contributed by atoms with van der Waals surface area (Å²) in [6.45, 7) is 4.01. The summed E-state index contributed by atoms with van der Waals surface area (Å²) in [7, 11) is 0. The molecule has 2 amide bonds. The van der Waals surface area contributed by atoms with Crippen LogP contribution in [0.5, 0.6) is 0 Å². The Hall–Kier alpha value is -2.30. The van der Waals surface area contributed by atoms with Crippen molar-refractivity contribution in [2.75, 3.05) is 17.2 Å². The first-order valence-corrected chi connectivity index (χ1v) is 8.64. The van der Waals surface area contributed by atoms with E-state index in [4.69, 9.17) is 0 Å². The van der Waals surface area contributed by atoms with Crippen LogP contribution in [0, 0.1) is 0 Å². The maximum Gasteiger partial charge on any atom is 0.242 e. The van der Waals surface area contributed by atoms with Crippen molar-refractivity contribution in [1.29, 1.82) is 0 Å². The van der Waals surface area contributed by atoms with Crippen LogP contribution in [0.2, 0.25) is 0 Å². The highest BCUT2D eigenvalue weighted by atomic mass is 16.2. The number of rotatable bonds is 7. The van der Waals surface area contributed by atoms with Crippen molar-refractivity contribution < 1.29 is 9.59 Å². The lowest BCUT2D eigenvalue weighted by atomic mass is 9.97. The van der Waals surface area contributed by atoms with Crippen molar-refractivity contribution in [3.05, 3.63) is 35.9 Å². The lowest BCUT2D eigenvalue weighted by molar-refractivity contribution is -0.121. The minimum Gasteiger partial charge on any atom is -0.374 e. The second kappa shape index (κ2) is 9.11. The van der Waals surface area contributed by atoms with Crippen molar-refractivity contribution in [1.82, 2.24) is 5.32 Å². The molecule has 0 fully saturated rings. The lowest BCUT2D eigenvalue weighted by Crippen LogP contribution is -2.38. The van der Waals surface area contributed by atoms with E-state index in [1.807, 2.05) is 31.2 Å². The summed E-state index contributed by atoms with van der Waals surface area (Å²) in [5.41, 5.74) is 3.06. The number of hydrogen-bond donors (Lipinski definition) is 3. The van der Waals surface area contributed by atoms with Gasteiger partial charge in [-0.15, -0.1) is 0 Å². The molecule has 0 unspecified atom stereocenters. The second-order valence-electron chi connectivity index (χ2n) is 6.27. The Labute approximate surface area is 143 Å². The molecule has 0 saturated heterocycles. The van der Waals surface area contributed by atoms with Gasteiger partial charge in [0.15, 0.2) is 0 Å². The third-order valence-corrected chi connectivity index (χ3v) is 4.11. The summed E-state index contributed by atoms with van der Waals surface area (Å²) in [4.78, 5) is 23.1. The van der Waals surface area contributed by atoms with Gasteiger partial charge in [0, 0.05) is 24.8 Å². The van der Waals surface area contributed by atoms with Crippen molar-refractivity contribution in [2.45, 2.75) is 52.0 Å². The van der Waals surface area contributed by atoms with E-state index in [9.17, 15) is 9.59 Å². The molecule has 1 aromatic rings. The molecule has 24 heavy (non-hydrogen) atoms. The summed E-state index contributed by atoms with van der Waals surface area (Å²) in [6, 6.07) is 7.01. The van der Waals surface area contributed by atoms with Gasteiger partial charge in [-0.2, -0.15) is 0 Å². The standard InChI is InChI=1S/C19H27N3O2/c1-14(19(24)20-13-12-16-6-4-3-5-7-16)21-17-8-10-18(11-9-17)22-15(2)23/h6,8-11,14,21H,3-5,7,12-13H2,1-2H3,(H,20,24)(H,22,23)/t14-/m0/s1. The first-order valence-electron chi connectivity index (χ1n) is 8.64. The quantitative estimate of drug-likeness (QED) is 0.671. The van der Waals surface area contributed by atoms with E-state index in [-0.39, 0.29) is 17.9 Å². The van der Waals surface area contributed by atoms with E-state index in [2.05, 4.69) is 22.0 Å². The van der Waals surface area contributed by atoms with Gasteiger partial charge in [-0.1, -0.05) is 11.6 Å². The molecule has 3 N–H and O–H groups in total. The number of anilines is 2. The molecule has 0 aliphatic heterocycles. The molecule has 130 valence electrons. The maximum absolute atomic E-state index is 12.2. The first-order chi connectivity index (χ1) is 11.5. The van der Waals surface area contributed by atoms with Gasteiger partial charge in [0.05, 0.1) is 0 Å². The van der Waals surface area contributed by atoms with Crippen molar-refractivity contribution in [3.63, 3.8) is 0 Å². The van der Waals surface area contributed by atoms with Gasteiger partial charge >= 0.3 is 0 Å². The fourth-order valence-electron chi connectivity index (χ4n) is 2.80. The summed E-state index contributed by atoms with van der Waals surface area (Å²) in [6.07, 6.45) is 8.17. The Balaban J connectivity index is 1.74. The van der Waals surface area contributed by atoms with E-state index >= 15 is 0 Å². The molecule has 1 aliphatic carbocycles. The van der Waals surface area contributed by atoms with Gasteiger partial charge in [0.25, 0.3) is 0 Å². The zero-order valence-electron chi connectivity index (χ0n) is 14.5. The number of amides is 2. The highest BCUT2D eigenvalue weighted by molar-refractivity contribution is 5.89. The zero-order valence-corrected chi connectivity index (χ0v) is 14.5. The Kier molecular flexibility index (Phi) is 6.85. The molecule has 0 radical (unpaired) electrons. The average molecular weight is 329 g/mol. The van der Waals surface area contributed by atoms with E-state index in [1.165, 1.54) is 38.2 Å². The van der Waals surface area contributed by atoms with E-state index in [0.717, 1.165) is 17.8 Å². The topological polar surface area (TPSA) is 70.2 Å². The van der Waals surface area contributed by atoms with Crippen LogP contribution in [0.1, 0.15) is 46.0 Å². The molecular formula is C19H27N3O2. The molecule has 2 rings (SSSR count). The smallest absolute Gasteiger partial charge is 0.242 e. The van der Waals surface area contributed by atoms with Gasteiger partial charge in [0.2, 0.25) is 11.8 Å². The van der Waals surface area contributed by atoms with Crippen LogP contribution in [0.25, 0.3) is 0 Å². The molecule has 1 aromatic carbocycles. The van der Waals surface area contributed by atoms with Crippen LogP contribution in [-0.4, -0.2) is 24.4 Å². The average Bonchev–Trinajstić information content (AvgIpc) is 2.57. The largest absolute Gasteiger partial charge is 0.374 e. The van der Waals surface area contributed by atoms with E-state index < -0.39 is 0 Å². The van der Waals surface area contributed by atoms with Crippen LogP contribution < -0.4 is 16.0 Å². The van der Waals surface area contributed by atoms with Crippen molar-refractivity contribution in [2.24, 2.45) is 0 Å². The molecule has 0 spiro atoms. The van der Waals surface area contributed by atoms with Gasteiger partial charge < -0.3 is 16.0 Å². The molecule has 5 nitrogen and oxygen atoms in total. The highest BCUT2D eigenvalue weighted by Gasteiger charge is 2.12. The fourth-order valence-corrected chi connectivity index (χ4v) is 2.80. The molecule has 0 heterocycles. The zero-order chi connectivity index (χ0) is 17.4. The Morgan fingerprint density at radius 1 is 1.12 bits per heavy atom. The van der Waals surface area contributed by atoms with Crippen LogP contribution in [0.15, 0.2) is 35.9 Å². The minimum atomic E-state index is -0.308. The van der Waals surface area contributed by atoms with Gasteiger partial charge in [-0.05, 0) is 63.3 Å². The van der Waals surface area contributed by atoms with Crippen LogP contribution in [0.3, 0.4) is 0 Å². The number of carbonyl (C=O) groups excluding carboxylic acids is 2. The van der Waals surface area contributed by atoms with Crippen molar-refractivity contribution >= 4 is 23.2 Å². The summed E-state index contributed by atoms with van der Waals surface area (Å²) < 4.78 is 0. The Morgan fingerprint density at radius 3 is 2.46 bits per heavy atom. The highest BCUT2D eigenvalue weighted by Crippen LogP contribution is 2.19. The maximum atomic E-state index is 12.2. The monoisotopic (exact) mass is 329 g/mol. The summed E-state index contributed by atoms with van der Waals surface area (Å²) >= 11 is 0. The third-order valence-electron chi connectivity index (χ3n) is 4.11. The molecule has 0 aromatic heterocycles. The summed E-state index contributed by atoms with van der Waals surface area (Å²) in [5, 5.41) is 8.88. The molecule has 5 heteroatoms. The van der Waals surface area contributed by atoms with Gasteiger partial charge in [0.1, 0.15) is 6.04 Å². The fraction of sp³-hybridized carbons (Fsp3) is 0.474. The SMILES string of the molecule is CC(=O)Nc1ccc(N[C@@H](C)C(=O)NCCC2=CCCCC2)cc1. The number of benzene rings is 1. The molecule has 0 saturated carbocycles. The number of hydrogen-bond acceptors (Lipinski definition) is 3. The van der Waals surface area contributed by atoms with Gasteiger partial charge in [-0.25, -0.2) is 0 Å². The van der Waals surface area contributed by atoms with Crippen LogP contribution >= 0.6 is 0 Å². The third kappa shape index (κ3) is 6.07.